The van der Waals surface area contributed by atoms with E-state index in [1.165, 1.54) is 5.56 Å². The summed E-state index contributed by atoms with van der Waals surface area (Å²) in [4.78, 5) is 38.9. The molecule has 1 amide bonds. The Balaban J connectivity index is 1.32. The smallest absolute Gasteiger partial charge is 0.311 e. The van der Waals surface area contributed by atoms with Gasteiger partial charge in [-0.3, -0.25) is 14.4 Å². The molecule has 0 unspecified atom stereocenters. The first-order valence-corrected chi connectivity index (χ1v) is 11.3. The van der Waals surface area contributed by atoms with Crippen molar-refractivity contribution in [3.8, 4) is 17.2 Å². The normalized spacial score (nSPS) is 15.1. The molecule has 7 nitrogen and oxygen atoms in total. The molecule has 0 N–H and O–H groups in total. The molecule has 180 valence electrons. The van der Waals surface area contributed by atoms with E-state index in [1.807, 2.05) is 32.0 Å². The van der Waals surface area contributed by atoms with Crippen molar-refractivity contribution in [2.75, 3.05) is 25.2 Å². The first kappa shape index (κ1) is 24.0. The Morgan fingerprint density at radius 3 is 2.20 bits per heavy atom. The van der Waals surface area contributed by atoms with Crippen molar-refractivity contribution < 1.29 is 28.6 Å². The fraction of sp³-hybridized carbons (Fsp3) is 0.250. The van der Waals surface area contributed by atoms with Crippen LogP contribution in [-0.4, -0.2) is 37.9 Å². The average Bonchev–Trinajstić information content (AvgIpc) is 3.26. The number of aryl methyl sites for hydroxylation is 2. The number of carbonyl (C=O) groups excluding carboxylic acids is 3. The highest BCUT2D eigenvalue weighted by Gasteiger charge is 2.36. The Labute approximate surface area is 204 Å². The molecule has 1 aliphatic rings. The van der Waals surface area contributed by atoms with Gasteiger partial charge in [-0.25, -0.2) is 0 Å². The van der Waals surface area contributed by atoms with Gasteiger partial charge in [0.2, 0.25) is 5.91 Å². The van der Waals surface area contributed by atoms with E-state index in [-0.39, 0.29) is 31.3 Å². The zero-order valence-electron chi connectivity index (χ0n) is 19.9. The minimum Gasteiger partial charge on any atom is -0.497 e. The third-order valence-corrected chi connectivity index (χ3v) is 6.08. The quantitative estimate of drug-likeness (QED) is 0.343. The van der Waals surface area contributed by atoms with Crippen LogP contribution in [0.2, 0.25) is 0 Å². The molecule has 0 radical (unpaired) electrons. The molecule has 4 rings (SSSR count). The molecule has 1 fully saturated rings. The molecular weight excluding hydrogens is 446 g/mol. The molecule has 3 aromatic rings. The van der Waals surface area contributed by atoms with E-state index < -0.39 is 11.9 Å². The van der Waals surface area contributed by atoms with Crippen LogP contribution in [0.4, 0.5) is 5.69 Å². The van der Waals surface area contributed by atoms with Gasteiger partial charge < -0.3 is 19.1 Å². The number of hydrogen-bond acceptors (Lipinski definition) is 6. The third kappa shape index (κ3) is 5.69. The van der Waals surface area contributed by atoms with Crippen LogP contribution >= 0.6 is 0 Å². The van der Waals surface area contributed by atoms with Gasteiger partial charge in [-0.2, -0.15) is 0 Å². The zero-order chi connectivity index (χ0) is 24.9. The van der Waals surface area contributed by atoms with Gasteiger partial charge in [0.1, 0.15) is 17.2 Å². The summed E-state index contributed by atoms with van der Waals surface area (Å²) in [6, 6.07) is 19.6. The number of hydrogen-bond donors (Lipinski definition) is 0. The van der Waals surface area contributed by atoms with E-state index in [9.17, 15) is 14.4 Å². The third-order valence-electron chi connectivity index (χ3n) is 6.08. The highest BCUT2D eigenvalue weighted by atomic mass is 16.5. The number of anilines is 1. The highest BCUT2D eigenvalue weighted by Crippen LogP contribution is 2.29. The Hall–Kier alpha value is -4.13. The lowest BCUT2D eigenvalue weighted by Gasteiger charge is -2.17. The number of rotatable bonds is 8. The minimum atomic E-state index is -0.627. The molecule has 3 aromatic carbocycles. The van der Waals surface area contributed by atoms with Crippen molar-refractivity contribution in [3.63, 3.8) is 0 Å². The summed E-state index contributed by atoms with van der Waals surface area (Å²) in [7, 11) is 1.54. The van der Waals surface area contributed by atoms with E-state index in [0.717, 1.165) is 11.3 Å². The molecule has 1 atom stereocenters. The Morgan fingerprint density at radius 1 is 0.886 bits per heavy atom. The first-order valence-electron chi connectivity index (χ1n) is 11.3. The molecule has 0 aliphatic carbocycles. The van der Waals surface area contributed by atoms with Crippen LogP contribution in [0.15, 0.2) is 66.7 Å². The number of amides is 1. The van der Waals surface area contributed by atoms with Crippen molar-refractivity contribution in [3.05, 3.63) is 83.4 Å². The van der Waals surface area contributed by atoms with E-state index >= 15 is 0 Å². The molecule has 0 spiro atoms. The molecular formula is C28H27NO6. The summed E-state index contributed by atoms with van der Waals surface area (Å²) in [5.74, 6) is 0.350. The van der Waals surface area contributed by atoms with E-state index in [4.69, 9.17) is 14.2 Å². The summed E-state index contributed by atoms with van der Waals surface area (Å²) in [6.07, 6.45) is 0.0381. The molecule has 35 heavy (non-hydrogen) atoms. The maximum Gasteiger partial charge on any atom is 0.311 e. The van der Waals surface area contributed by atoms with Crippen molar-refractivity contribution in [1.29, 1.82) is 0 Å². The summed E-state index contributed by atoms with van der Waals surface area (Å²) in [5, 5.41) is 0. The number of Topliss-reactive ketones (excluding diaryl/α,β-unsaturated/α-hetero) is 1. The number of esters is 1. The SMILES string of the molecule is COc1ccc(C(=O)COC(=O)[C@H]2CC(=O)N(c3ccc(Oc4ccc(C)c(C)c4)cc3)C2)cc1. The molecule has 7 heteroatoms. The van der Waals surface area contributed by atoms with Crippen LogP contribution in [0, 0.1) is 19.8 Å². The summed E-state index contributed by atoms with van der Waals surface area (Å²) in [6.45, 7) is 3.90. The maximum absolute atomic E-state index is 12.6. The fourth-order valence-electron chi connectivity index (χ4n) is 3.84. The monoisotopic (exact) mass is 473 g/mol. The van der Waals surface area contributed by atoms with Gasteiger partial charge in [-0.05, 0) is 85.6 Å². The van der Waals surface area contributed by atoms with E-state index in [1.54, 1.807) is 60.5 Å². The van der Waals surface area contributed by atoms with Crippen molar-refractivity contribution in [2.24, 2.45) is 5.92 Å². The standard InChI is InChI=1S/C28H27NO6/c1-18-4-9-25(14-19(18)2)35-24-12-7-22(8-13-24)29-16-21(15-27(29)31)28(32)34-17-26(30)20-5-10-23(33-3)11-6-20/h4-14,21H,15-17H2,1-3H3/t21-/m0/s1. The Bertz CT molecular complexity index is 1230. The fourth-order valence-corrected chi connectivity index (χ4v) is 3.84. The molecule has 0 saturated carbocycles. The molecule has 1 aliphatic heterocycles. The molecule has 0 bridgehead atoms. The second kappa shape index (κ2) is 10.4. The number of ether oxygens (including phenoxy) is 3. The topological polar surface area (TPSA) is 82.1 Å². The molecule has 1 heterocycles. The highest BCUT2D eigenvalue weighted by molar-refractivity contribution is 6.01. The van der Waals surface area contributed by atoms with Crippen LogP contribution < -0.4 is 14.4 Å². The van der Waals surface area contributed by atoms with Crippen LogP contribution in [0.3, 0.4) is 0 Å². The van der Waals surface area contributed by atoms with Gasteiger partial charge in [-0.1, -0.05) is 6.07 Å². The second-order valence-corrected chi connectivity index (χ2v) is 8.51. The first-order chi connectivity index (χ1) is 16.8. The van der Waals surface area contributed by atoms with Crippen molar-refractivity contribution in [2.45, 2.75) is 20.3 Å². The predicted octanol–water partition coefficient (Wildman–Crippen LogP) is 4.88. The van der Waals surface area contributed by atoms with Gasteiger partial charge in [0, 0.05) is 24.2 Å². The van der Waals surface area contributed by atoms with E-state index in [2.05, 4.69) is 0 Å². The predicted molar refractivity (Wildman–Crippen MR) is 131 cm³/mol. The molecule has 1 saturated heterocycles. The maximum atomic E-state index is 12.6. The lowest BCUT2D eigenvalue weighted by Crippen LogP contribution is -2.27. The lowest BCUT2D eigenvalue weighted by molar-refractivity contribution is -0.147. The Morgan fingerprint density at radius 2 is 1.54 bits per heavy atom. The summed E-state index contributed by atoms with van der Waals surface area (Å²) >= 11 is 0. The minimum absolute atomic E-state index is 0.0381. The van der Waals surface area contributed by atoms with Crippen molar-refractivity contribution in [1.82, 2.24) is 0 Å². The largest absolute Gasteiger partial charge is 0.497 e. The summed E-state index contributed by atoms with van der Waals surface area (Å²) in [5.41, 5.74) is 3.43. The second-order valence-electron chi connectivity index (χ2n) is 8.51. The Kier molecular flexibility index (Phi) is 7.15. The zero-order valence-corrected chi connectivity index (χ0v) is 19.9. The van der Waals surface area contributed by atoms with Crippen molar-refractivity contribution >= 4 is 23.3 Å². The number of benzene rings is 3. The van der Waals surface area contributed by atoms with Gasteiger partial charge in [0.05, 0.1) is 13.0 Å². The van der Waals surface area contributed by atoms with Gasteiger partial charge in [0.25, 0.3) is 0 Å². The van der Waals surface area contributed by atoms with Crippen LogP contribution in [0.1, 0.15) is 27.9 Å². The van der Waals surface area contributed by atoms with Gasteiger partial charge >= 0.3 is 5.97 Å². The summed E-state index contributed by atoms with van der Waals surface area (Å²) < 4.78 is 16.2. The average molecular weight is 474 g/mol. The molecule has 0 aromatic heterocycles. The van der Waals surface area contributed by atoms with Crippen LogP contribution in [0.25, 0.3) is 0 Å². The lowest BCUT2D eigenvalue weighted by atomic mass is 10.1. The van der Waals surface area contributed by atoms with Crippen LogP contribution in [0.5, 0.6) is 17.2 Å². The van der Waals surface area contributed by atoms with E-state index in [0.29, 0.717) is 22.7 Å². The number of carbonyl (C=O) groups is 3. The van der Waals surface area contributed by atoms with Crippen LogP contribution in [-0.2, 0) is 14.3 Å². The van der Waals surface area contributed by atoms with Gasteiger partial charge in [0.15, 0.2) is 12.4 Å². The number of nitrogens with zero attached hydrogens (tertiary/aromatic N) is 1. The number of ketones is 1. The van der Waals surface area contributed by atoms with Gasteiger partial charge in [-0.15, -0.1) is 0 Å². The number of methoxy groups -OCH3 is 1.